The first kappa shape index (κ1) is 20.2. The molecule has 0 bridgehead atoms. The summed E-state index contributed by atoms with van der Waals surface area (Å²) in [5.41, 5.74) is 0.380. The van der Waals surface area contributed by atoms with E-state index in [1.54, 1.807) is 41.0 Å². The second-order valence-electron chi connectivity index (χ2n) is 6.11. The van der Waals surface area contributed by atoms with E-state index in [0.29, 0.717) is 21.6 Å². The Morgan fingerprint density at radius 3 is 2.64 bits per heavy atom. The summed E-state index contributed by atoms with van der Waals surface area (Å²) in [6.07, 6.45) is 1.77. The van der Waals surface area contributed by atoms with E-state index in [0.717, 1.165) is 0 Å². The molecule has 0 N–H and O–H groups in total. The molecule has 0 atom stereocenters. The van der Waals surface area contributed by atoms with Gasteiger partial charge in [-0.3, -0.25) is 4.79 Å². The Labute approximate surface area is 166 Å². The Balaban J connectivity index is 1.77. The standard InChI is InChI=1S/C20H19FN2O3S2/c1-2-13-23-19-16(21)10-6-11-17(19)27-20(23)22-18(24)12-7-14-28(25,26)15-8-4-3-5-9-15/h2-6,8-11H,1,7,12-14H2. The number of para-hydroxylation sites is 1. The molecule has 0 aliphatic rings. The number of halogens is 1. The molecular weight excluding hydrogens is 399 g/mol. The third kappa shape index (κ3) is 4.45. The summed E-state index contributed by atoms with van der Waals surface area (Å²) >= 11 is 1.21. The van der Waals surface area contributed by atoms with E-state index in [9.17, 15) is 17.6 Å². The Kier molecular flexibility index (Phi) is 6.21. The van der Waals surface area contributed by atoms with Gasteiger partial charge in [-0.2, -0.15) is 4.99 Å². The second kappa shape index (κ2) is 8.62. The minimum absolute atomic E-state index is 0.00310. The zero-order chi connectivity index (χ0) is 20.1. The van der Waals surface area contributed by atoms with Gasteiger partial charge in [0.05, 0.1) is 20.9 Å². The fraction of sp³-hybridized carbons (Fsp3) is 0.200. The molecule has 1 aromatic heterocycles. The van der Waals surface area contributed by atoms with Crippen molar-refractivity contribution in [2.75, 3.05) is 5.75 Å². The van der Waals surface area contributed by atoms with Crippen LogP contribution in [0.4, 0.5) is 4.39 Å². The molecule has 0 unspecified atom stereocenters. The Morgan fingerprint density at radius 2 is 1.93 bits per heavy atom. The van der Waals surface area contributed by atoms with Gasteiger partial charge in [0.15, 0.2) is 14.6 Å². The van der Waals surface area contributed by atoms with Gasteiger partial charge in [0.2, 0.25) is 5.91 Å². The molecule has 8 heteroatoms. The zero-order valence-corrected chi connectivity index (χ0v) is 16.7. The van der Waals surface area contributed by atoms with Crippen molar-refractivity contribution in [2.24, 2.45) is 4.99 Å². The van der Waals surface area contributed by atoms with Crippen molar-refractivity contribution in [2.45, 2.75) is 24.3 Å². The summed E-state index contributed by atoms with van der Waals surface area (Å²) in [6.45, 7) is 3.98. The fourth-order valence-electron chi connectivity index (χ4n) is 2.79. The summed E-state index contributed by atoms with van der Waals surface area (Å²) in [7, 11) is -3.43. The Morgan fingerprint density at radius 1 is 1.18 bits per heavy atom. The zero-order valence-electron chi connectivity index (χ0n) is 15.0. The van der Waals surface area contributed by atoms with Gasteiger partial charge in [0, 0.05) is 13.0 Å². The molecule has 2 aromatic carbocycles. The quantitative estimate of drug-likeness (QED) is 0.549. The highest BCUT2D eigenvalue weighted by Crippen LogP contribution is 2.20. The van der Waals surface area contributed by atoms with Crippen LogP contribution in [-0.4, -0.2) is 24.6 Å². The molecule has 0 saturated heterocycles. The van der Waals surface area contributed by atoms with E-state index in [1.165, 1.54) is 29.5 Å². The van der Waals surface area contributed by atoms with Gasteiger partial charge in [-0.05, 0) is 30.7 Å². The number of amides is 1. The average molecular weight is 419 g/mol. The number of carbonyl (C=O) groups excluding carboxylic acids is 1. The minimum atomic E-state index is -3.43. The smallest absolute Gasteiger partial charge is 0.248 e. The SMILES string of the molecule is C=CCn1c(=NC(=O)CCCS(=O)(=O)c2ccccc2)sc2cccc(F)c21. The molecule has 146 valence electrons. The van der Waals surface area contributed by atoms with Crippen molar-refractivity contribution >= 4 is 37.3 Å². The highest BCUT2D eigenvalue weighted by molar-refractivity contribution is 7.91. The van der Waals surface area contributed by atoms with E-state index in [2.05, 4.69) is 11.6 Å². The van der Waals surface area contributed by atoms with Gasteiger partial charge in [0.25, 0.3) is 0 Å². The molecule has 1 amide bonds. The first-order chi connectivity index (χ1) is 13.4. The van der Waals surface area contributed by atoms with E-state index in [4.69, 9.17) is 0 Å². The van der Waals surface area contributed by atoms with Crippen LogP contribution in [0.2, 0.25) is 0 Å². The molecule has 1 heterocycles. The highest BCUT2D eigenvalue weighted by atomic mass is 32.2. The molecule has 0 saturated carbocycles. The molecule has 0 spiro atoms. The van der Waals surface area contributed by atoms with Crippen LogP contribution in [-0.2, 0) is 21.2 Å². The maximum atomic E-state index is 14.2. The monoisotopic (exact) mass is 418 g/mol. The van der Waals surface area contributed by atoms with Gasteiger partial charge in [-0.15, -0.1) is 6.58 Å². The number of aromatic nitrogens is 1. The van der Waals surface area contributed by atoms with Crippen LogP contribution in [0.3, 0.4) is 0 Å². The number of hydrogen-bond acceptors (Lipinski definition) is 4. The normalized spacial score (nSPS) is 12.4. The number of fused-ring (bicyclic) bond motifs is 1. The summed E-state index contributed by atoms with van der Waals surface area (Å²) in [5, 5.41) is 0. The van der Waals surface area contributed by atoms with Crippen LogP contribution in [0.25, 0.3) is 10.2 Å². The predicted octanol–water partition coefficient (Wildman–Crippen LogP) is 3.71. The lowest BCUT2D eigenvalue weighted by atomic mass is 10.3. The van der Waals surface area contributed by atoms with Crippen LogP contribution in [0, 0.1) is 5.82 Å². The first-order valence-electron chi connectivity index (χ1n) is 8.66. The largest absolute Gasteiger partial charge is 0.310 e. The van der Waals surface area contributed by atoms with E-state index in [1.807, 2.05) is 0 Å². The molecule has 0 aliphatic heterocycles. The first-order valence-corrected chi connectivity index (χ1v) is 11.1. The number of rotatable bonds is 7. The van der Waals surface area contributed by atoms with Crippen molar-refractivity contribution in [3.63, 3.8) is 0 Å². The van der Waals surface area contributed by atoms with Crippen molar-refractivity contribution in [3.05, 3.63) is 71.8 Å². The summed E-state index contributed by atoms with van der Waals surface area (Å²) < 4.78 is 41.0. The van der Waals surface area contributed by atoms with Crippen LogP contribution in [0.1, 0.15) is 12.8 Å². The summed E-state index contributed by atoms with van der Waals surface area (Å²) in [4.78, 5) is 17.0. The lowest BCUT2D eigenvalue weighted by Crippen LogP contribution is -2.17. The van der Waals surface area contributed by atoms with E-state index < -0.39 is 21.6 Å². The van der Waals surface area contributed by atoms with Gasteiger partial charge in [0.1, 0.15) is 5.82 Å². The number of sulfone groups is 1. The fourth-order valence-corrected chi connectivity index (χ4v) is 5.20. The minimum Gasteiger partial charge on any atom is -0.310 e. The molecule has 5 nitrogen and oxygen atoms in total. The molecule has 0 aliphatic carbocycles. The number of benzene rings is 2. The summed E-state index contributed by atoms with van der Waals surface area (Å²) in [5.74, 6) is -0.960. The van der Waals surface area contributed by atoms with E-state index in [-0.39, 0.29) is 23.5 Å². The van der Waals surface area contributed by atoms with Crippen molar-refractivity contribution < 1.29 is 17.6 Å². The van der Waals surface area contributed by atoms with Gasteiger partial charge in [-0.25, -0.2) is 12.8 Å². The molecule has 28 heavy (non-hydrogen) atoms. The molecule has 0 fully saturated rings. The molecule has 3 rings (SSSR count). The predicted molar refractivity (Wildman–Crippen MR) is 108 cm³/mol. The van der Waals surface area contributed by atoms with E-state index >= 15 is 0 Å². The van der Waals surface area contributed by atoms with Crippen LogP contribution >= 0.6 is 11.3 Å². The highest BCUT2D eigenvalue weighted by Gasteiger charge is 2.15. The van der Waals surface area contributed by atoms with Crippen LogP contribution in [0.15, 0.2) is 71.1 Å². The molecule has 0 radical (unpaired) electrons. The van der Waals surface area contributed by atoms with Crippen LogP contribution < -0.4 is 4.80 Å². The maximum absolute atomic E-state index is 14.2. The molecular formula is C20H19FN2O3S2. The van der Waals surface area contributed by atoms with Crippen molar-refractivity contribution in [1.29, 1.82) is 0 Å². The number of hydrogen-bond donors (Lipinski definition) is 0. The second-order valence-corrected chi connectivity index (χ2v) is 9.23. The lowest BCUT2D eigenvalue weighted by Gasteiger charge is -2.03. The lowest BCUT2D eigenvalue weighted by molar-refractivity contribution is -0.118. The third-order valence-corrected chi connectivity index (χ3v) is 6.95. The van der Waals surface area contributed by atoms with Crippen molar-refractivity contribution in [1.82, 2.24) is 4.57 Å². The third-order valence-electron chi connectivity index (χ3n) is 4.09. The van der Waals surface area contributed by atoms with Gasteiger partial charge < -0.3 is 4.57 Å². The Hall–Kier alpha value is -2.58. The van der Waals surface area contributed by atoms with Gasteiger partial charge in [-0.1, -0.05) is 41.7 Å². The average Bonchev–Trinajstić information content (AvgIpc) is 3.01. The number of allylic oxidation sites excluding steroid dienone is 1. The molecule has 3 aromatic rings. The number of carbonyl (C=O) groups is 1. The summed E-state index contributed by atoms with van der Waals surface area (Å²) in [6, 6.07) is 12.9. The number of thiazole rings is 1. The Bertz CT molecular complexity index is 1180. The van der Waals surface area contributed by atoms with Crippen molar-refractivity contribution in [3.8, 4) is 0 Å². The van der Waals surface area contributed by atoms with Gasteiger partial charge >= 0.3 is 0 Å². The topological polar surface area (TPSA) is 68.5 Å². The number of nitrogens with zero attached hydrogens (tertiary/aromatic N) is 2. The maximum Gasteiger partial charge on any atom is 0.248 e. The van der Waals surface area contributed by atoms with Crippen LogP contribution in [0.5, 0.6) is 0 Å².